The number of nitrogens with zero attached hydrogens (tertiary/aromatic N) is 1. The van der Waals surface area contributed by atoms with Crippen molar-refractivity contribution < 1.29 is 4.74 Å². The molecule has 2 aromatic carbocycles. The van der Waals surface area contributed by atoms with E-state index in [0.29, 0.717) is 0 Å². The lowest BCUT2D eigenvalue weighted by molar-refractivity contribution is 0.0692. The number of para-hydroxylation sites is 2. The van der Waals surface area contributed by atoms with E-state index in [1.165, 1.54) is 6.42 Å². The highest BCUT2D eigenvalue weighted by Crippen LogP contribution is 2.47. The summed E-state index contributed by atoms with van der Waals surface area (Å²) in [7, 11) is 0. The smallest absolute Gasteiger partial charge is 0.137 e. The molecule has 25 heavy (non-hydrogen) atoms. The van der Waals surface area contributed by atoms with Gasteiger partial charge in [-0.2, -0.15) is 5.10 Å². The van der Waals surface area contributed by atoms with Crippen LogP contribution in [0.2, 0.25) is 0 Å². The van der Waals surface area contributed by atoms with Crippen molar-refractivity contribution >= 4 is 28.5 Å². The van der Waals surface area contributed by atoms with E-state index in [0.717, 1.165) is 53.3 Å². The van der Waals surface area contributed by atoms with Gasteiger partial charge in [0.2, 0.25) is 0 Å². The van der Waals surface area contributed by atoms with Gasteiger partial charge >= 0.3 is 0 Å². The molecule has 1 aliphatic heterocycles. The van der Waals surface area contributed by atoms with Gasteiger partial charge in [-0.15, -0.1) is 0 Å². The van der Waals surface area contributed by atoms with Crippen molar-refractivity contribution in [3.63, 3.8) is 0 Å². The van der Waals surface area contributed by atoms with Gasteiger partial charge in [0.05, 0.1) is 16.9 Å². The van der Waals surface area contributed by atoms with Crippen LogP contribution in [-0.4, -0.2) is 11.8 Å². The Morgan fingerprint density at radius 1 is 0.960 bits per heavy atom. The zero-order valence-electron chi connectivity index (χ0n) is 14.0. The largest absolute Gasteiger partial charge is 0.482 e. The van der Waals surface area contributed by atoms with Gasteiger partial charge in [0.25, 0.3) is 0 Å². The highest BCUT2D eigenvalue weighted by molar-refractivity contribution is 6.51. The Morgan fingerprint density at radius 3 is 2.48 bits per heavy atom. The fourth-order valence-electron chi connectivity index (χ4n) is 3.70. The van der Waals surface area contributed by atoms with Gasteiger partial charge in [-0.1, -0.05) is 48.4 Å². The predicted octanol–water partition coefficient (Wildman–Crippen LogP) is 5.83. The van der Waals surface area contributed by atoms with E-state index < -0.39 is 0 Å². The number of ether oxygens (including phenoxy) is 1. The molecule has 128 valence electrons. The fraction of sp³-hybridized carbons (Fsp3) is 0.286. The SMILES string of the molecule is ClC1=C(/C=N/Nc2ccccc2)C2(CCCCC2)Oc2ccccc21. The first-order valence-corrected chi connectivity index (χ1v) is 9.19. The normalized spacial score (nSPS) is 18.9. The van der Waals surface area contributed by atoms with Crippen molar-refractivity contribution in [2.24, 2.45) is 5.10 Å². The Hall–Kier alpha value is -2.26. The molecular formula is C21H21ClN2O. The molecule has 1 spiro atoms. The lowest BCUT2D eigenvalue weighted by Crippen LogP contribution is -2.43. The number of rotatable bonds is 3. The van der Waals surface area contributed by atoms with Crippen LogP contribution in [0, 0.1) is 0 Å². The quantitative estimate of drug-likeness (QED) is 0.557. The van der Waals surface area contributed by atoms with E-state index in [2.05, 4.69) is 10.5 Å². The standard InChI is InChI=1S/C21H21ClN2O/c22-20-17-11-5-6-12-19(17)25-21(13-7-2-8-14-21)18(20)15-23-24-16-9-3-1-4-10-16/h1,3-6,9-12,15,24H,2,7-8,13-14H2/b23-15+. The number of benzene rings is 2. The molecule has 1 aliphatic carbocycles. The number of nitrogens with one attached hydrogen (secondary N) is 1. The van der Waals surface area contributed by atoms with E-state index >= 15 is 0 Å². The van der Waals surface area contributed by atoms with E-state index in [9.17, 15) is 0 Å². The lowest BCUT2D eigenvalue weighted by Gasteiger charge is -2.42. The van der Waals surface area contributed by atoms with Crippen LogP contribution in [0.1, 0.15) is 37.7 Å². The van der Waals surface area contributed by atoms with Crippen LogP contribution >= 0.6 is 11.6 Å². The van der Waals surface area contributed by atoms with Gasteiger partial charge in [-0.25, -0.2) is 0 Å². The first kappa shape index (κ1) is 16.2. The summed E-state index contributed by atoms with van der Waals surface area (Å²) in [5.74, 6) is 0.877. The molecule has 1 saturated carbocycles. The van der Waals surface area contributed by atoms with Gasteiger partial charge in [-0.3, -0.25) is 5.43 Å². The molecule has 0 unspecified atom stereocenters. The van der Waals surface area contributed by atoms with E-state index in [1.54, 1.807) is 0 Å². The Morgan fingerprint density at radius 2 is 1.68 bits per heavy atom. The average Bonchev–Trinajstić information content (AvgIpc) is 2.66. The van der Waals surface area contributed by atoms with Crippen LogP contribution in [0.15, 0.2) is 65.3 Å². The number of hydrogen-bond acceptors (Lipinski definition) is 3. The number of hydrogen-bond donors (Lipinski definition) is 1. The zero-order chi connectivity index (χ0) is 17.1. The Kier molecular flexibility index (Phi) is 4.50. The molecule has 4 rings (SSSR count). The van der Waals surface area contributed by atoms with Crippen molar-refractivity contribution in [3.8, 4) is 5.75 Å². The van der Waals surface area contributed by atoms with Crippen molar-refractivity contribution in [2.75, 3.05) is 5.43 Å². The minimum atomic E-state index is -0.356. The second-order valence-corrected chi connectivity index (χ2v) is 6.99. The maximum absolute atomic E-state index is 6.80. The summed E-state index contributed by atoms with van der Waals surface area (Å²) >= 11 is 6.80. The summed E-state index contributed by atoms with van der Waals surface area (Å²) in [6.45, 7) is 0. The lowest BCUT2D eigenvalue weighted by atomic mass is 9.77. The maximum atomic E-state index is 6.80. The fourth-order valence-corrected chi connectivity index (χ4v) is 4.08. The molecule has 0 amide bonds. The molecule has 3 nitrogen and oxygen atoms in total. The van der Waals surface area contributed by atoms with Gasteiger partial charge in [-0.05, 0) is 49.9 Å². The van der Waals surface area contributed by atoms with E-state index in [-0.39, 0.29) is 5.60 Å². The minimum Gasteiger partial charge on any atom is -0.482 e. The number of hydrazone groups is 1. The Labute approximate surface area is 153 Å². The monoisotopic (exact) mass is 352 g/mol. The van der Waals surface area contributed by atoms with Crippen LogP contribution in [0.3, 0.4) is 0 Å². The summed E-state index contributed by atoms with van der Waals surface area (Å²) in [5, 5.41) is 5.19. The zero-order valence-corrected chi connectivity index (χ0v) is 14.8. The molecule has 1 N–H and O–H groups in total. The van der Waals surface area contributed by atoms with Crippen molar-refractivity contribution in [2.45, 2.75) is 37.7 Å². The van der Waals surface area contributed by atoms with Gasteiger partial charge in [0, 0.05) is 11.1 Å². The maximum Gasteiger partial charge on any atom is 0.137 e. The highest BCUT2D eigenvalue weighted by atomic mass is 35.5. The van der Waals surface area contributed by atoms with Crippen molar-refractivity contribution in [1.82, 2.24) is 0 Å². The minimum absolute atomic E-state index is 0.356. The summed E-state index contributed by atoms with van der Waals surface area (Å²) in [6, 6.07) is 17.9. The third-order valence-corrected chi connectivity index (χ3v) is 5.39. The van der Waals surface area contributed by atoms with Crippen molar-refractivity contribution in [3.05, 3.63) is 65.7 Å². The molecule has 0 saturated heterocycles. The molecule has 2 aliphatic rings. The van der Waals surface area contributed by atoms with Crippen LogP contribution in [0.5, 0.6) is 5.75 Å². The van der Waals surface area contributed by atoms with Gasteiger partial charge in [0.1, 0.15) is 11.4 Å². The second kappa shape index (κ2) is 6.93. The van der Waals surface area contributed by atoms with E-state index in [4.69, 9.17) is 16.3 Å². The Bertz CT molecular complexity index is 808. The average molecular weight is 353 g/mol. The molecule has 0 aromatic heterocycles. The highest BCUT2D eigenvalue weighted by Gasteiger charge is 2.42. The third-order valence-electron chi connectivity index (χ3n) is 4.98. The van der Waals surface area contributed by atoms with Gasteiger partial charge in [0.15, 0.2) is 0 Å². The van der Waals surface area contributed by atoms with Crippen LogP contribution in [0.4, 0.5) is 5.69 Å². The molecule has 0 atom stereocenters. The first-order valence-electron chi connectivity index (χ1n) is 8.81. The predicted molar refractivity (Wildman–Crippen MR) is 104 cm³/mol. The molecule has 1 fully saturated rings. The Balaban J connectivity index is 1.70. The number of halogens is 1. The topological polar surface area (TPSA) is 33.6 Å². The van der Waals surface area contributed by atoms with Crippen molar-refractivity contribution in [1.29, 1.82) is 0 Å². The molecule has 2 aromatic rings. The molecule has 0 bridgehead atoms. The molecule has 4 heteroatoms. The number of anilines is 1. The molecule has 0 radical (unpaired) electrons. The van der Waals surface area contributed by atoms with Crippen LogP contribution in [-0.2, 0) is 0 Å². The summed E-state index contributed by atoms with van der Waals surface area (Å²) in [5.41, 5.74) is 5.60. The summed E-state index contributed by atoms with van der Waals surface area (Å²) in [6.07, 6.45) is 7.34. The first-order chi connectivity index (χ1) is 12.3. The summed E-state index contributed by atoms with van der Waals surface area (Å²) in [4.78, 5) is 0. The third kappa shape index (κ3) is 3.16. The van der Waals surface area contributed by atoms with Crippen LogP contribution < -0.4 is 10.2 Å². The molecule has 1 heterocycles. The van der Waals surface area contributed by atoms with Gasteiger partial charge < -0.3 is 4.74 Å². The second-order valence-electron chi connectivity index (χ2n) is 6.62. The summed E-state index contributed by atoms with van der Waals surface area (Å²) < 4.78 is 6.48. The van der Waals surface area contributed by atoms with E-state index in [1.807, 2.05) is 60.8 Å². The molecular weight excluding hydrogens is 332 g/mol. The number of fused-ring (bicyclic) bond motifs is 1. The van der Waals surface area contributed by atoms with Crippen LogP contribution in [0.25, 0.3) is 5.03 Å².